The molecule has 3 atom stereocenters. The van der Waals surface area contributed by atoms with Gasteiger partial charge in [-0.1, -0.05) is 79.1 Å². The molecule has 0 aromatic heterocycles. The van der Waals surface area contributed by atoms with Crippen molar-refractivity contribution in [1.29, 1.82) is 0 Å². The van der Waals surface area contributed by atoms with Gasteiger partial charge < -0.3 is 15.5 Å². The Morgan fingerprint density at radius 3 is 2.03 bits per heavy atom. The maximum Gasteiger partial charge on any atom is 0.229 e. The molecule has 3 aliphatic rings. The third-order valence-corrected chi connectivity index (χ3v) is 10.2. The zero-order chi connectivity index (χ0) is 28.1. The fourth-order valence-corrected chi connectivity index (χ4v) is 7.62. The number of hydrogen-bond donors (Lipinski definition) is 2. The number of carbonyl (C=O) groups is 2. The summed E-state index contributed by atoms with van der Waals surface area (Å²) >= 11 is 6.26. The van der Waals surface area contributed by atoms with Crippen molar-refractivity contribution in [2.75, 3.05) is 26.2 Å². The smallest absolute Gasteiger partial charge is 0.229 e. The van der Waals surface area contributed by atoms with E-state index in [2.05, 4.69) is 62.3 Å². The molecule has 0 radical (unpaired) electrons. The standard InChI is InChI=1S/C32H50ClN3O2/c1-28(2,3)27(38)36(24-13-15-30(7,8)16-14-24)31(17-18-34-20-31)26(37)32(29(4,5)6)21-35-19-25(32)22-9-11-23(33)12-10-22/h9-12,24-25,34-35H,13-21H2,1-8H3/t25-,31+,32-/m1/s1. The van der Waals surface area contributed by atoms with Gasteiger partial charge in [-0.05, 0) is 67.2 Å². The Labute approximate surface area is 235 Å². The number of amides is 1. The van der Waals surface area contributed by atoms with E-state index in [-0.39, 0.29) is 34.5 Å². The molecule has 2 saturated heterocycles. The lowest BCUT2D eigenvalue weighted by Gasteiger charge is -2.55. The average molecular weight is 544 g/mol. The highest BCUT2D eigenvalue weighted by Gasteiger charge is 2.65. The number of carbonyl (C=O) groups excluding carboxylic acids is 2. The third kappa shape index (κ3) is 5.08. The van der Waals surface area contributed by atoms with Crippen LogP contribution >= 0.6 is 11.6 Å². The molecule has 1 saturated carbocycles. The van der Waals surface area contributed by atoms with E-state index in [1.54, 1.807) is 0 Å². The summed E-state index contributed by atoms with van der Waals surface area (Å²) in [4.78, 5) is 32.0. The molecule has 2 aliphatic heterocycles. The van der Waals surface area contributed by atoms with Crippen molar-refractivity contribution in [1.82, 2.24) is 15.5 Å². The lowest BCUT2D eigenvalue weighted by molar-refractivity contribution is -0.164. The highest BCUT2D eigenvalue weighted by molar-refractivity contribution is 6.30. The maximum atomic E-state index is 15.5. The minimum absolute atomic E-state index is 0.00150. The lowest BCUT2D eigenvalue weighted by Crippen LogP contribution is -2.69. The molecule has 1 aromatic carbocycles. The van der Waals surface area contributed by atoms with Gasteiger partial charge in [-0.2, -0.15) is 0 Å². The fourth-order valence-electron chi connectivity index (χ4n) is 7.49. The second kappa shape index (κ2) is 10.2. The normalized spacial score (nSPS) is 30.4. The Balaban J connectivity index is 1.86. The van der Waals surface area contributed by atoms with Crippen LogP contribution in [0.4, 0.5) is 0 Å². The summed E-state index contributed by atoms with van der Waals surface area (Å²) in [7, 11) is 0. The van der Waals surface area contributed by atoms with Gasteiger partial charge in [0.25, 0.3) is 0 Å². The summed E-state index contributed by atoms with van der Waals surface area (Å²) in [5.74, 6) is 0.341. The Morgan fingerprint density at radius 1 is 0.921 bits per heavy atom. The van der Waals surface area contributed by atoms with Gasteiger partial charge in [0, 0.05) is 42.0 Å². The highest BCUT2D eigenvalue weighted by atomic mass is 35.5. The van der Waals surface area contributed by atoms with Crippen molar-refractivity contribution in [2.24, 2.45) is 21.7 Å². The molecule has 4 rings (SSSR count). The number of nitrogens with zero attached hydrogens (tertiary/aromatic N) is 1. The van der Waals surface area contributed by atoms with Crippen LogP contribution in [0.5, 0.6) is 0 Å². The Hall–Kier alpha value is -1.43. The molecule has 5 nitrogen and oxygen atoms in total. The number of rotatable bonds is 5. The number of hydrogen-bond acceptors (Lipinski definition) is 4. The first kappa shape index (κ1) is 29.6. The Bertz CT molecular complexity index is 1020. The Kier molecular flexibility index (Phi) is 7.93. The van der Waals surface area contributed by atoms with E-state index >= 15 is 4.79 Å². The zero-order valence-electron chi connectivity index (χ0n) is 25.0. The molecule has 0 bridgehead atoms. The summed E-state index contributed by atoms with van der Waals surface area (Å²) in [6.45, 7) is 19.9. The van der Waals surface area contributed by atoms with Gasteiger partial charge in [-0.15, -0.1) is 0 Å². The van der Waals surface area contributed by atoms with E-state index in [1.165, 1.54) is 0 Å². The van der Waals surface area contributed by atoms with Crippen molar-refractivity contribution >= 4 is 23.3 Å². The van der Waals surface area contributed by atoms with Gasteiger partial charge >= 0.3 is 0 Å². The van der Waals surface area contributed by atoms with Crippen molar-refractivity contribution < 1.29 is 9.59 Å². The van der Waals surface area contributed by atoms with Crippen LogP contribution in [0.2, 0.25) is 5.02 Å². The molecule has 38 heavy (non-hydrogen) atoms. The van der Waals surface area contributed by atoms with E-state index in [0.29, 0.717) is 24.5 Å². The topological polar surface area (TPSA) is 61.4 Å². The minimum atomic E-state index is -0.861. The van der Waals surface area contributed by atoms with Crippen LogP contribution in [0.1, 0.15) is 99.0 Å². The molecule has 1 aromatic rings. The number of benzene rings is 1. The van der Waals surface area contributed by atoms with Gasteiger partial charge in [0.2, 0.25) is 5.91 Å². The fraction of sp³-hybridized carbons (Fsp3) is 0.750. The second-order valence-electron chi connectivity index (χ2n) is 15.1. The molecule has 3 fully saturated rings. The number of nitrogens with one attached hydrogen (secondary N) is 2. The molecule has 0 unspecified atom stereocenters. The van der Waals surface area contributed by atoms with E-state index in [0.717, 1.165) is 44.3 Å². The quantitative estimate of drug-likeness (QED) is 0.464. The van der Waals surface area contributed by atoms with E-state index in [1.807, 2.05) is 32.9 Å². The monoisotopic (exact) mass is 543 g/mol. The number of halogens is 1. The van der Waals surface area contributed by atoms with Crippen molar-refractivity contribution in [3.63, 3.8) is 0 Å². The minimum Gasteiger partial charge on any atom is -0.325 e. The summed E-state index contributed by atoms with van der Waals surface area (Å²) in [6, 6.07) is 8.10. The molecule has 1 aliphatic carbocycles. The molecule has 2 N–H and O–H groups in total. The lowest BCUT2D eigenvalue weighted by atomic mass is 9.54. The van der Waals surface area contributed by atoms with Crippen molar-refractivity contribution in [3.8, 4) is 0 Å². The zero-order valence-corrected chi connectivity index (χ0v) is 25.7. The van der Waals surface area contributed by atoms with Crippen LogP contribution in [0.15, 0.2) is 24.3 Å². The molecular formula is C32H50ClN3O2. The van der Waals surface area contributed by atoms with Crippen molar-refractivity contribution in [3.05, 3.63) is 34.9 Å². The maximum absolute atomic E-state index is 15.5. The van der Waals surface area contributed by atoms with Gasteiger partial charge in [0.1, 0.15) is 5.54 Å². The predicted octanol–water partition coefficient (Wildman–Crippen LogP) is 6.20. The van der Waals surface area contributed by atoms with Crippen molar-refractivity contribution in [2.45, 2.75) is 105 Å². The van der Waals surface area contributed by atoms with Crippen LogP contribution in [-0.2, 0) is 9.59 Å². The largest absolute Gasteiger partial charge is 0.325 e. The summed E-state index contributed by atoms with van der Waals surface area (Å²) in [5, 5.41) is 7.85. The van der Waals surface area contributed by atoms with E-state index in [9.17, 15) is 4.79 Å². The highest BCUT2D eigenvalue weighted by Crippen LogP contribution is 2.56. The first-order valence-corrected chi connectivity index (χ1v) is 15.0. The summed E-state index contributed by atoms with van der Waals surface area (Å²) in [6.07, 6.45) is 4.71. The predicted molar refractivity (Wildman–Crippen MR) is 157 cm³/mol. The first-order chi connectivity index (χ1) is 17.6. The summed E-state index contributed by atoms with van der Waals surface area (Å²) in [5.41, 5.74) is -1.01. The number of ketones is 1. The van der Waals surface area contributed by atoms with Gasteiger partial charge in [0.05, 0.1) is 5.41 Å². The summed E-state index contributed by atoms with van der Waals surface area (Å²) < 4.78 is 0. The Morgan fingerprint density at radius 2 is 1.53 bits per heavy atom. The SMILES string of the molecule is CC1(C)CCC(N(C(=O)C(C)(C)C)[C@@]2(C(=O)[C@@]3(C(C)(C)C)CNC[C@@H]3c3ccc(Cl)cc3)CCNC2)CC1. The van der Waals surface area contributed by atoms with Crippen LogP contribution in [0, 0.1) is 21.7 Å². The number of Topliss-reactive ketones (excluding diaryl/α,β-unsaturated/α-hetero) is 1. The molecule has 2 heterocycles. The molecule has 1 amide bonds. The molecule has 0 spiro atoms. The van der Waals surface area contributed by atoms with Gasteiger partial charge in [-0.25, -0.2) is 0 Å². The molecule has 6 heteroatoms. The first-order valence-electron chi connectivity index (χ1n) is 14.6. The van der Waals surface area contributed by atoms with Crippen LogP contribution in [0.25, 0.3) is 0 Å². The van der Waals surface area contributed by atoms with E-state index in [4.69, 9.17) is 11.6 Å². The van der Waals surface area contributed by atoms with Crippen LogP contribution in [-0.4, -0.2) is 54.4 Å². The molecule has 212 valence electrons. The van der Waals surface area contributed by atoms with Crippen LogP contribution < -0.4 is 10.6 Å². The van der Waals surface area contributed by atoms with Crippen LogP contribution in [0.3, 0.4) is 0 Å². The second-order valence-corrected chi connectivity index (χ2v) is 15.5. The average Bonchev–Trinajstić information content (AvgIpc) is 3.48. The van der Waals surface area contributed by atoms with E-state index < -0.39 is 16.4 Å². The third-order valence-electron chi connectivity index (χ3n) is 9.91. The van der Waals surface area contributed by atoms with Gasteiger partial charge in [-0.3, -0.25) is 9.59 Å². The molecular weight excluding hydrogens is 494 g/mol. The van der Waals surface area contributed by atoms with Gasteiger partial charge in [0.15, 0.2) is 5.78 Å².